The highest BCUT2D eigenvalue weighted by Gasteiger charge is 2.24. The number of hydrogen-bond acceptors (Lipinski definition) is 7. The number of ether oxygens (including phenoxy) is 2. The van der Waals surface area contributed by atoms with Gasteiger partial charge in [-0.25, -0.2) is 0 Å². The summed E-state index contributed by atoms with van der Waals surface area (Å²) in [5.41, 5.74) is 7.69. The van der Waals surface area contributed by atoms with Crippen LogP contribution in [-0.4, -0.2) is 29.7 Å². The van der Waals surface area contributed by atoms with Crippen LogP contribution in [0.3, 0.4) is 0 Å². The number of nitro groups is 1. The second kappa shape index (κ2) is 8.58. The molecule has 1 aliphatic heterocycles. The van der Waals surface area contributed by atoms with Gasteiger partial charge in [-0.3, -0.25) is 14.9 Å². The Labute approximate surface area is 173 Å². The second-order valence-electron chi connectivity index (χ2n) is 7.56. The summed E-state index contributed by atoms with van der Waals surface area (Å²) in [6.07, 6.45) is 3.96. The lowest BCUT2D eigenvalue weighted by molar-refractivity contribution is -0.384. The standard InChI is InChI=1S/C21H24N4O5/c22-16-3-1-2-4-18(16)24-17-7-6-14(25(27)28)10-15(17)21(26)23-11-13-5-8-19-20(9-13)30-12-29-19/h5-10,16,18,24H,1-4,11-12,22H2,(H,23,26)/t16-,18-/m1/s1. The summed E-state index contributed by atoms with van der Waals surface area (Å²) >= 11 is 0. The lowest BCUT2D eigenvalue weighted by Gasteiger charge is -2.30. The third-order valence-corrected chi connectivity index (χ3v) is 5.51. The average molecular weight is 412 g/mol. The molecule has 2 aromatic rings. The number of anilines is 1. The first kappa shape index (κ1) is 20.0. The predicted octanol–water partition coefficient (Wildman–Crippen LogP) is 2.94. The molecule has 2 aliphatic rings. The zero-order valence-electron chi connectivity index (χ0n) is 16.4. The molecular weight excluding hydrogens is 388 g/mol. The Morgan fingerprint density at radius 3 is 2.73 bits per heavy atom. The molecule has 0 aromatic heterocycles. The van der Waals surface area contributed by atoms with Crippen molar-refractivity contribution in [2.75, 3.05) is 12.1 Å². The van der Waals surface area contributed by atoms with E-state index < -0.39 is 10.8 Å². The van der Waals surface area contributed by atoms with Gasteiger partial charge in [-0.1, -0.05) is 18.9 Å². The van der Waals surface area contributed by atoms with Crippen LogP contribution in [-0.2, 0) is 6.54 Å². The molecule has 4 N–H and O–H groups in total. The van der Waals surface area contributed by atoms with Crippen LogP contribution in [0.25, 0.3) is 0 Å². The lowest BCUT2D eigenvalue weighted by atomic mass is 9.90. The van der Waals surface area contributed by atoms with Crippen LogP contribution in [0.5, 0.6) is 11.5 Å². The number of nitrogens with one attached hydrogen (secondary N) is 2. The van der Waals surface area contributed by atoms with Gasteiger partial charge in [-0.05, 0) is 36.6 Å². The number of hydrogen-bond donors (Lipinski definition) is 3. The van der Waals surface area contributed by atoms with Crippen molar-refractivity contribution < 1.29 is 19.2 Å². The number of rotatable bonds is 6. The van der Waals surface area contributed by atoms with E-state index in [-0.39, 0.29) is 36.7 Å². The van der Waals surface area contributed by atoms with Crippen LogP contribution in [0.2, 0.25) is 0 Å². The number of fused-ring (bicyclic) bond motifs is 1. The van der Waals surface area contributed by atoms with Crippen LogP contribution in [0, 0.1) is 10.1 Å². The van der Waals surface area contributed by atoms with E-state index in [1.54, 1.807) is 18.2 Å². The summed E-state index contributed by atoms with van der Waals surface area (Å²) in [7, 11) is 0. The first-order valence-corrected chi connectivity index (χ1v) is 9.98. The minimum Gasteiger partial charge on any atom is -0.454 e. The maximum atomic E-state index is 12.9. The quantitative estimate of drug-likeness (QED) is 0.491. The monoisotopic (exact) mass is 412 g/mol. The molecule has 2 aromatic carbocycles. The lowest BCUT2D eigenvalue weighted by Crippen LogP contribution is -2.43. The Balaban J connectivity index is 1.52. The van der Waals surface area contributed by atoms with Crippen molar-refractivity contribution in [3.63, 3.8) is 0 Å². The summed E-state index contributed by atoms with van der Waals surface area (Å²) in [4.78, 5) is 23.6. The van der Waals surface area contributed by atoms with Crippen molar-refractivity contribution in [1.29, 1.82) is 0 Å². The molecular formula is C21H24N4O5. The first-order chi connectivity index (χ1) is 14.5. The van der Waals surface area contributed by atoms with Crippen molar-refractivity contribution in [1.82, 2.24) is 5.32 Å². The fraction of sp³-hybridized carbons (Fsp3) is 0.381. The molecule has 1 fully saturated rings. The summed E-state index contributed by atoms with van der Waals surface area (Å²) < 4.78 is 10.6. The van der Waals surface area contributed by atoms with Crippen molar-refractivity contribution in [3.05, 3.63) is 57.6 Å². The molecule has 30 heavy (non-hydrogen) atoms. The third-order valence-electron chi connectivity index (χ3n) is 5.51. The largest absolute Gasteiger partial charge is 0.454 e. The average Bonchev–Trinajstić information content (AvgIpc) is 3.21. The molecule has 0 unspecified atom stereocenters. The minimum atomic E-state index is -0.509. The van der Waals surface area contributed by atoms with Crippen molar-refractivity contribution in [2.24, 2.45) is 5.73 Å². The van der Waals surface area contributed by atoms with Gasteiger partial charge in [0.2, 0.25) is 6.79 Å². The van der Waals surface area contributed by atoms with Crippen molar-refractivity contribution in [3.8, 4) is 11.5 Å². The highest BCUT2D eigenvalue weighted by Crippen LogP contribution is 2.32. The normalized spacial score (nSPS) is 19.9. The Kier molecular flexibility index (Phi) is 5.71. The van der Waals surface area contributed by atoms with E-state index in [1.807, 2.05) is 6.07 Å². The van der Waals surface area contributed by atoms with Crippen LogP contribution in [0.15, 0.2) is 36.4 Å². The highest BCUT2D eigenvalue weighted by molar-refractivity contribution is 6.00. The van der Waals surface area contributed by atoms with E-state index in [9.17, 15) is 14.9 Å². The van der Waals surface area contributed by atoms with E-state index in [0.717, 1.165) is 31.2 Å². The molecule has 1 saturated carbocycles. The van der Waals surface area contributed by atoms with Gasteiger partial charge in [-0.2, -0.15) is 0 Å². The molecule has 9 heteroatoms. The molecule has 9 nitrogen and oxygen atoms in total. The predicted molar refractivity (Wildman–Crippen MR) is 111 cm³/mol. The van der Waals surface area contributed by atoms with Gasteiger partial charge in [0.05, 0.1) is 10.5 Å². The summed E-state index contributed by atoms with van der Waals surface area (Å²) in [5, 5.41) is 17.4. The SMILES string of the molecule is N[C@@H]1CCCC[C@H]1Nc1ccc([N+](=O)[O-])cc1C(=O)NCc1ccc2c(c1)OCO2. The molecule has 0 spiro atoms. The van der Waals surface area contributed by atoms with Gasteiger partial charge in [0.25, 0.3) is 11.6 Å². The van der Waals surface area contributed by atoms with Crippen LogP contribution < -0.4 is 25.8 Å². The van der Waals surface area contributed by atoms with Gasteiger partial charge >= 0.3 is 0 Å². The van der Waals surface area contributed by atoms with E-state index in [0.29, 0.717) is 17.2 Å². The summed E-state index contributed by atoms with van der Waals surface area (Å²) in [6.45, 7) is 0.428. The molecule has 1 amide bonds. The number of amides is 1. The zero-order valence-corrected chi connectivity index (χ0v) is 16.4. The molecule has 1 heterocycles. The molecule has 0 radical (unpaired) electrons. The second-order valence-corrected chi connectivity index (χ2v) is 7.56. The summed E-state index contributed by atoms with van der Waals surface area (Å²) in [6, 6.07) is 9.71. The van der Waals surface area contributed by atoms with Gasteiger partial charge in [0, 0.05) is 36.4 Å². The summed E-state index contributed by atoms with van der Waals surface area (Å²) in [5.74, 6) is 0.896. The van der Waals surface area contributed by atoms with Crippen LogP contribution in [0.4, 0.5) is 11.4 Å². The van der Waals surface area contributed by atoms with Gasteiger partial charge in [-0.15, -0.1) is 0 Å². The number of nitrogens with zero attached hydrogens (tertiary/aromatic N) is 1. The fourth-order valence-corrected chi connectivity index (χ4v) is 3.83. The number of non-ortho nitro benzene ring substituents is 1. The number of carbonyl (C=O) groups is 1. The highest BCUT2D eigenvalue weighted by atomic mass is 16.7. The Hall–Kier alpha value is -3.33. The Bertz CT molecular complexity index is 964. The number of benzene rings is 2. The number of carbonyl (C=O) groups excluding carboxylic acids is 1. The number of nitro benzene ring substituents is 1. The van der Waals surface area contributed by atoms with Gasteiger partial charge in [0.15, 0.2) is 11.5 Å². The molecule has 4 rings (SSSR count). The minimum absolute atomic E-state index is 0.0153. The molecule has 0 bridgehead atoms. The van der Waals surface area contributed by atoms with E-state index in [1.165, 1.54) is 12.1 Å². The molecule has 2 atom stereocenters. The smallest absolute Gasteiger partial charge is 0.270 e. The molecule has 1 aliphatic carbocycles. The maximum Gasteiger partial charge on any atom is 0.270 e. The Morgan fingerprint density at radius 1 is 1.13 bits per heavy atom. The van der Waals surface area contributed by atoms with E-state index in [4.69, 9.17) is 15.2 Å². The van der Waals surface area contributed by atoms with Crippen LogP contribution >= 0.6 is 0 Å². The Morgan fingerprint density at radius 2 is 1.93 bits per heavy atom. The van der Waals surface area contributed by atoms with Crippen LogP contribution in [0.1, 0.15) is 41.6 Å². The zero-order chi connectivity index (χ0) is 21.1. The van der Waals surface area contributed by atoms with Crippen molar-refractivity contribution in [2.45, 2.75) is 44.3 Å². The molecule has 158 valence electrons. The topological polar surface area (TPSA) is 129 Å². The first-order valence-electron chi connectivity index (χ1n) is 9.98. The maximum absolute atomic E-state index is 12.9. The van der Waals surface area contributed by atoms with Crippen molar-refractivity contribution >= 4 is 17.3 Å². The van der Waals surface area contributed by atoms with Gasteiger partial charge in [0.1, 0.15) is 0 Å². The van der Waals surface area contributed by atoms with E-state index >= 15 is 0 Å². The molecule has 0 saturated heterocycles. The fourth-order valence-electron chi connectivity index (χ4n) is 3.83. The van der Waals surface area contributed by atoms with E-state index in [2.05, 4.69) is 10.6 Å². The van der Waals surface area contributed by atoms with Gasteiger partial charge < -0.3 is 25.8 Å². The third kappa shape index (κ3) is 4.30. The number of nitrogens with two attached hydrogens (primary N) is 1.